The van der Waals surface area contributed by atoms with Gasteiger partial charge in [-0.1, -0.05) is 0 Å². The number of aliphatic hydroxyl groups is 1. The normalized spacial score (nSPS) is 14.9. The van der Waals surface area contributed by atoms with Crippen molar-refractivity contribution in [3.63, 3.8) is 0 Å². The monoisotopic (exact) mass is 322 g/mol. The highest BCUT2D eigenvalue weighted by atomic mass is 32.1. The zero-order chi connectivity index (χ0) is 16.2. The van der Waals surface area contributed by atoms with E-state index < -0.39 is 11.6 Å². The number of thiophene rings is 1. The smallest absolute Gasteiger partial charge is 0.255 e. The van der Waals surface area contributed by atoms with E-state index in [4.69, 9.17) is 4.42 Å². The highest BCUT2D eigenvalue weighted by Gasteiger charge is 2.25. The number of carbonyl (C=O) groups excluding carboxylic acids is 2. The molecular weight excluding hydrogens is 304 g/mol. The third kappa shape index (κ3) is 3.96. The largest absolute Gasteiger partial charge is 0.472 e. The lowest BCUT2D eigenvalue weighted by molar-refractivity contribution is -0.123. The molecule has 22 heavy (non-hydrogen) atoms. The van der Waals surface area contributed by atoms with Crippen molar-refractivity contribution in [2.24, 2.45) is 0 Å². The van der Waals surface area contributed by atoms with E-state index in [1.54, 1.807) is 19.9 Å². The number of furan rings is 1. The van der Waals surface area contributed by atoms with Crippen LogP contribution in [0.25, 0.3) is 0 Å². The first-order chi connectivity index (χ1) is 10.4. The van der Waals surface area contributed by atoms with Crippen LogP contribution in [0.2, 0.25) is 0 Å². The third-order valence-corrected chi connectivity index (χ3v) is 3.96. The lowest BCUT2D eigenvalue weighted by Gasteiger charge is -2.24. The van der Waals surface area contributed by atoms with Gasteiger partial charge < -0.3 is 20.2 Å². The Morgan fingerprint density at radius 3 is 2.82 bits per heavy atom. The van der Waals surface area contributed by atoms with Crippen LogP contribution in [0.15, 0.2) is 39.8 Å². The molecule has 0 radical (unpaired) electrons. The minimum atomic E-state index is -1.15. The standard InChI is InChI=1S/C15H18N2O4S/c1-10(17-14(19)11-3-5-21-7-11)13(18)16-9-15(2,20)12-4-6-22-8-12/h3-8,10,20H,9H2,1-2H3,(H,16,18)(H,17,19). The summed E-state index contributed by atoms with van der Waals surface area (Å²) in [4.78, 5) is 23.8. The third-order valence-electron chi connectivity index (χ3n) is 3.27. The fourth-order valence-electron chi connectivity index (χ4n) is 1.82. The summed E-state index contributed by atoms with van der Waals surface area (Å²) >= 11 is 1.48. The Balaban J connectivity index is 1.85. The molecule has 7 heteroatoms. The molecule has 2 unspecified atom stereocenters. The number of carbonyl (C=O) groups is 2. The molecular formula is C15H18N2O4S. The molecule has 3 N–H and O–H groups in total. The molecule has 0 aliphatic rings. The second-order valence-corrected chi connectivity index (χ2v) is 5.99. The molecule has 2 heterocycles. The van der Waals surface area contributed by atoms with Crippen molar-refractivity contribution in [2.75, 3.05) is 6.54 Å². The van der Waals surface area contributed by atoms with Crippen LogP contribution in [-0.4, -0.2) is 29.5 Å². The summed E-state index contributed by atoms with van der Waals surface area (Å²) in [5.74, 6) is -0.756. The van der Waals surface area contributed by atoms with E-state index >= 15 is 0 Å². The van der Waals surface area contributed by atoms with Crippen LogP contribution in [0.3, 0.4) is 0 Å². The highest BCUT2D eigenvalue weighted by Crippen LogP contribution is 2.21. The van der Waals surface area contributed by atoms with E-state index in [0.717, 1.165) is 5.56 Å². The molecule has 0 aliphatic carbocycles. The maximum absolute atomic E-state index is 12.0. The SMILES string of the molecule is CC(NC(=O)c1ccoc1)C(=O)NCC(C)(O)c1ccsc1. The van der Waals surface area contributed by atoms with Gasteiger partial charge in [0.1, 0.15) is 17.9 Å². The zero-order valence-corrected chi connectivity index (χ0v) is 13.1. The van der Waals surface area contributed by atoms with E-state index in [9.17, 15) is 14.7 Å². The fourth-order valence-corrected chi connectivity index (χ4v) is 2.61. The van der Waals surface area contributed by atoms with Gasteiger partial charge in [0.25, 0.3) is 5.91 Å². The molecule has 0 aliphatic heterocycles. The molecule has 2 aromatic heterocycles. The van der Waals surface area contributed by atoms with Crippen molar-refractivity contribution in [1.29, 1.82) is 0 Å². The Kier molecular flexibility index (Phi) is 4.99. The predicted molar refractivity (Wildman–Crippen MR) is 82.5 cm³/mol. The Bertz CT molecular complexity index is 620. The van der Waals surface area contributed by atoms with Gasteiger partial charge in [0.15, 0.2) is 0 Å². The molecule has 2 rings (SSSR count). The Morgan fingerprint density at radius 1 is 1.45 bits per heavy atom. The van der Waals surface area contributed by atoms with Crippen LogP contribution < -0.4 is 10.6 Å². The molecule has 0 saturated heterocycles. The van der Waals surface area contributed by atoms with Crippen molar-refractivity contribution >= 4 is 23.2 Å². The van der Waals surface area contributed by atoms with Gasteiger partial charge in [-0.05, 0) is 42.3 Å². The van der Waals surface area contributed by atoms with Gasteiger partial charge in [-0.2, -0.15) is 11.3 Å². The first kappa shape index (κ1) is 16.3. The number of amides is 2. The van der Waals surface area contributed by atoms with E-state index in [0.29, 0.717) is 5.56 Å². The summed E-state index contributed by atoms with van der Waals surface area (Å²) in [5.41, 5.74) is -0.0537. The minimum absolute atomic E-state index is 0.0640. The summed E-state index contributed by atoms with van der Waals surface area (Å²) in [6.45, 7) is 3.27. The van der Waals surface area contributed by atoms with Gasteiger partial charge in [-0.15, -0.1) is 0 Å². The first-order valence-electron chi connectivity index (χ1n) is 6.76. The number of nitrogens with one attached hydrogen (secondary N) is 2. The second kappa shape index (κ2) is 6.76. The fraction of sp³-hybridized carbons (Fsp3) is 0.333. The van der Waals surface area contributed by atoms with Crippen molar-refractivity contribution in [2.45, 2.75) is 25.5 Å². The van der Waals surface area contributed by atoms with Gasteiger partial charge in [0.05, 0.1) is 18.4 Å². The second-order valence-electron chi connectivity index (χ2n) is 5.21. The van der Waals surface area contributed by atoms with Crippen molar-refractivity contribution in [3.05, 3.63) is 46.5 Å². The van der Waals surface area contributed by atoms with E-state index in [1.807, 2.05) is 10.8 Å². The predicted octanol–water partition coefficient (Wildman–Crippen LogP) is 1.48. The van der Waals surface area contributed by atoms with Crippen LogP contribution in [0.5, 0.6) is 0 Å². The van der Waals surface area contributed by atoms with Crippen LogP contribution in [0.1, 0.15) is 29.8 Å². The van der Waals surface area contributed by atoms with Crippen molar-refractivity contribution in [3.8, 4) is 0 Å². The summed E-state index contributed by atoms with van der Waals surface area (Å²) < 4.78 is 4.82. The van der Waals surface area contributed by atoms with E-state index in [1.165, 1.54) is 29.9 Å². The Morgan fingerprint density at radius 2 is 2.23 bits per heavy atom. The lowest BCUT2D eigenvalue weighted by Crippen LogP contribution is -2.48. The minimum Gasteiger partial charge on any atom is -0.472 e. The van der Waals surface area contributed by atoms with Crippen molar-refractivity contribution < 1.29 is 19.1 Å². The van der Waals surface area contributed by atoms with Gasteiger partial charge in [-0.3, -0.25) is 9.59 Å². The van der Waals surface area contributed by atoms with Crippen molar-refractivity contribution in [1.82, 2.24) is 10.6 Å². The number of rotatable bonds is 6. The highest BCUT2D eigenvalue weighted by molar-refractivity contribution is 7.08. The lowest BCUT2D eigenvalue weighted by atomic mass is 9.99. The number of hydrogen-bond acceptors (Lipinski definition) is 5. The quantitative estimate of drug-likeness (QED) is 0.751. The molecule has 0 saturated carbocycles. The topological polar surface area (TPSA) is 91.6 Å². The molecule has 6 nitrogen and oxygen atoms in total. The zero-order valence-electron chi connectivity index (χ0n) is 12.3. The molecule has 118 valence electrons. The molecule has 0 bridgehead atoms. The van der Waals surface area contributed by atoms with Crippen LogP contribution >= 0.6 is 11.3 Å². The number of hydrogen-bond donors (Lipinski definition) is 3. The van der Waals surface area contributed by atoms with Crippen LogP contribution in [0.4, 0.5) is 0 Å². The van der Waals surface area contributed by atoms with Gasteiger partial charge in [0.2, 0.25) is 5.91 Å². The maximum atomic E-state index is 12.0. The molecule has 2 amide bonds. The van der Waals surface area contributed by atoms with Gasteiger partial charge in [-0.25, -0.2) is 0 Å². The van der Waals surface area contributed by atoms with Gasteiger partial charge in [0, 0.05) is 0 Å². The Labute approximate surface area is 132 Å². The maximum Gasteiger partial charge on any atom is 0.255 e. The summed E-state index contributed by atoms with van der Waals surface area (Å²) in [6, 6.07) is 2.60. The van der Waals surface area contributed by atoms with Gasteiger partial charge >= 0.3 is 0 Å². The molecule has 2 atom stereocenters. The summed E-state index contributed by atoms with van der Waals surface area (Å²) in [5, 5.41) is 19.2. The van der Waals surface area contributed by atoms with E-state index in [2.05, 4.69) is 10.6 Å². The molecule has 0 fully saturated rings. The first-order valence-corrected chi connectivity index (χ1v) is 7.70. The molecule has 0 spiro atoms. The summed E-state index contributed by atoms with van der Waals surface area (Å²) in [7, 11) is 0. The van der Waals surface area contributed by atoms with Crippen LogP contribution in [-0.2, 0) is 10.4 Å². The van der Waals surface area contributed by atoms with E-state index in [-0.39, 0.29) is 18.4 Å². The summed E-state index contributed by atoms with van der Waals surface area (Å²) in [6.07, 6.45) is 2.69. The Hall–Kier alpha value is -2.12. The molecule has 2 aromatic rings. The average molecular weight is 322 g/mol. The molecule has 0 aromatic carbocycles. The average Bonchev–Trinajstić information content (AvgIpc) is 3.16. The van der Waals surface area contributed by atoms with Crippen LogP contribution in [0, 0.1) is 0 Å².